The van der Waals surface area contributed by atoms with Crippen LogP contribution in [0.15, 0.2) is 17.6 Å². The van der Waals surface area contributed by atoms with Crippen molar-refractivity contribution in [3.63, 3.8) is 0 Å². The second-order valence-electron chi connectivity index (χ2n) is 3.59. The van der Waals surface area contributed by atoms with Gasteiger partial charge in [-0.15, -0.1) is 11.8 Å². The molecule has 1 aliphatic rings. The minimum Gasteiger partial charge on any atom is -0.376 e. The number of nitrogens with zero attached hydrogens (tertiary/aromatic N) is 3. The first-order chi connectivity index (χ1) is 7.40. The molecule has 0 radical (unpaired) electrons. The molecule has 0 atom stereocenters. The molecule has 78 valence electrons. The van der Waals surface area contributed by atoms with Crippen molar-refractivity contribution in [2.24, 2.45) is 0 Å². The van der Waals surface area contributed by atoms with E-state index in [2.05, 4.69) is 9.97 Å². The van der Waals surface area contributed by atoms with Crippen molar-refractivity contribution in [3.8, 4) is 0 Å². The minimum atomic E-state index is -0.0163. The fraction of sp³-hybridized carbons (Fsp3) is 0.400. The zero-order valence-electron chi connectivity index (χ0n) is 8.18. The van der Waals surface area contributed by atoms with Gasteiger partial charge >= 0.3 is 0 Å². The average Bonchev–Trinajstić information content (AvgIpc) is 2.50. The van der Waals surface area contributed by atoms with E-state index in [0.29, 0.717) is 0 Å². The molecule has 0 aromatic carbocycles. The van der Waals surface area contributed by atoms with E-state index in [9.17, 15) is 5.11 Å². The molecule has 2 aromatic rings. The highest BCUT2D eigenvalue weighted by molar-refractivity contribution is 7.99. The normalized spacial score (nSPS) is 15.5. The van der Waals surface area contributed by atoms with Gasteiger partial charge in [-0.2, -0.15) is 0 Å². The summed E-state index contributed by atoms with van der Waals surface area (Å²) in [5, 5.41) is 11.4. The van der Waals surface area contributed by atoms with Crippen LogP contribution in [0, 0.1) is 0 Å². The van der Waals surface area contributed by atoms with Crippen LogP contribution in [0.5, 0.6) is 0 Å². The standard InChI is InChI=1S/C10H11N3OS/c14-6-13-4-7-2-1-3-15-10-8(7)9(13)11-5-12-10/h4-5,14H,1-3,6H2. The Morgan fingerprint density at radius 2 is 2.40 bits per heavy atom. The molecular weight excluding hydrogens is 210 g/mol. The van der Waals surface area contributed by atoms with Gasteiger partial charge in [0.05, 0.1) is 5.39 Å². The van der Waals surface area contributed by atoms with Gasteiger partial charge in [0.1, 0.15) is 23.7 Å². The van der Waals surface area contributed by atoms with Gasteiger partial charge in [-0.05, 0) is 24.2 Å². The van der Waals surface area contributed by atoms with Gasteiger partial charge < -0.3 is 9.67 Å². The Hall–Kier alpha value is -1.07. The Morgan fingerprint density at radius 1 is 1.47 bits per heavy atom. The fourth-order valence-electron chi connectivity index (χ4n) is 2.01. The van der Waals surface area contributed by atoms with Gasteiger partial charge in [-0.3, -0.25) is 0 Å². The quantitative estimate of drug-likeness (QED) is 0.740. The van der Waals surface area contributed by atoms with Crippen LogP contribution in [0.4, 0.5) is 0 Å². The largest absolute Gasteiger partial charge is 0.376 e. The Morgan fingerprint density at radius 3 is 3.27 bits per heavy atom. The van der Waals surface area contributed by atoms with Crippen LogP contribution in [0.2, 0.25) is 0 Å². The molecule has 0 fully saturated rings. The number of aryl methyl sites for hydroxylation is 1. The molecule has 3 rings (SSSR count). The molecule has 0 spiro atoms. The number of aliphatic hydroxyl groups excluding tert-OH is 1. The summed E-state index contributed by atoms with van der Waals surface area (Å²) in [6, 6.07) is 0. The van der Waals surface area contributed by atoms with Crippen LogP contribution >= 0.6 is 11.8 Å². The van der Waals surface area contributed by atoms with Gasteiger partial charge in [0.15, 0.2) is 0 Å². The molecule has 5 heteroatoms. The summed E-state index contributed by atoms with van der Waals surface area (Å²) in [5.41, 5.74) is 2.12. The van der Waals surface area contributed by atoms with E-state index in [4.69, 9.17) is 0 Å². The molecular formula is C10H11N3OS. The number of hydrogen-bond acceptors (Lipinski definition) is 4. The van der Waals surface area contributed by atoms with Crippen LogP contribution in [0.1, 0.15) is 12.0 Å². The molecule has 15 heavy (non-hydrogen) atoms. The summed E-state index contributed by atoms with van der Waals surface area (Å²) < 4.78 is 1.78. The van der Waals surface area contributed by atoms with E-state index >= 15 is 0 Å². The third-order valence-electron chi connectivity index (χ3n) is 2.68. The zero-order valence-corrected chi connectivity index (χ0v) is 9.00. The molecule has 0 saturated carbocycles. The monoisotopic (exact) mass is 221 g/mol. The average molecular weight is 221 g/mol. The Kier molecular flexibility index (Phi) is 2.14. The zero-order chi connectivity index (χ0) is 10.3. The van der Waals surface area contributed by atoms with Gasteiger partial charge in [-0.1, -0.05) is 0 Å². The molecule has 0 amide bonds. The summed E-state index contributed by atoms with van der Waals surface area (Å²) in [4.78, 5) is 8.54. The summed E-state index contributed by atoms with van der Waals surface area (Å²) in [5.74, 6) is 1.11. The maximum Gasteiger partial charge on any atom is 0.146 e. The molecule has 0 unspecified atom stereocenters. The number of aliphatic hydroxyl groups is 1. The van der Waals surface area contributed by atoms with Crippen LogP contribution in [0.3, 0.4) is 0 Å². The van der Waals surface area contributed by atoms with Crippen molar-refractivity contribution < 1.29 is 5.11 Å². The molecule has 2 aromatic heterocycles. The third kappa shape index (κ3) is 1.34. The number of hydrogen-bond donors (Lipinski definition) is 1. The van der Waals surface area contributed by atoms with E-state index in [1.165, 1.54) is 5.56 Å². The lowest BCUT2D eigenvalue weighted by molar-refractivity contribution is 0.214. The lowest BCUT2D eigenvalue weighted by Crippen LogP contribution is -1.96. The van der Waals surface area contributed by atoms with Crippen molar-refractivity contribution in [3.05, 3.63) is 18.1 Å². The van der Waals surface area contributed by atoms with Gasteiger partial charge in [0.2, 0.25) is 0 Å². The van der Waals surface area contributed by atoms with E-state index in [-0.39, 0.29) is 6.73 Å². The number of rotatable bonds is 1. The second kappa shape index (κ2) is 3.50. The summed E-state index contributed by atoms with van der Waals surface area (Å²) in [6.07, 6.45) is 5.78. The van der Waals surface area contributed by atoms with Crippen molar-refractivity contribution in [2.45, 2.75) is 24.6 Å². The second-order valence-corrected chi connectivity index (χ2v) is 4.68. The van der Waals surface area contributed by atoms with E-state index in [1.807, 2.05) is 6.20 Å². The van der Waals surface area contributed by atoms with Crippen molar-refractivity contribution in [1.29, 1.82) is 0 Å². The predicted octanol–water partition coefficient (Wildman–Crippen LogP) is 1.42. The van der Waals surface area contributed by atoms with Crippen LogP contribution in [0.25, 0.3) is 11.0 Å². The van der Waals surface area contributed by atoms with Crippen molar-refractivity contribution in [1.82, 2.24) is 14.5 Å². The van der Waals surface area contributed by atoms with Crippen LogP contribution in [-0.2, 0) is 13.2 Å². The van der Waals surface area contributed by atoms with Gasteiger partial charge in [0, 0.05) is 6.20 Å². The maximum atomic E-state index is 9.22. The van der Waals surface area contributed by atoms with E-state index in [1.54, 1.807) is 22.7 Å². The molecule has 0 bridgehead atoms. The summed E-state index contributed by atoms with van der Waals surface area (Å²) in [7, 11) is 0. The van der Waals surface area contributed by atoms with Gasteiger partial charge in [0.25, 0.3) is 0 Å². The molecule has 1 N–H and O–H groups in total. The van der Waals surface area contributed by atoms with E-state index < -0.39 is 0 Å². The Bertz CT molecular complexity index is 509. The van der Waals surface area contributed by atoms with E-state index in [0.717, 1.165) is 34.7 Å². The topological polar surface area (TPSA) is 50.9 Å². The molecule has 3 heterocycles. The first kappa shape index (κ1) is 9.18. The van der Waals surface area contributed by atoms with Crippen molar-refractivity contribution in [2.75, 3.05) is 5.75 Å². The SMILES string of the molecule is OCn1cc2c3c(ncnc31)SCCC2. The molecule has 0 saturated heterocycles. The lowest BCUT2D eigenvalue weighted by atomic mass is 10.1. The Balaban J connectivity index is 2.36. The Labute approximate surface area is 91.3 Å². The highest BCUT2D eigenvalue weighted by atomic mass is 32.2. The first-order valence-electron chi connectivity index (χ1n) is 4.96. The highest BCUT2D eigenvalue weighted by Crippen LogP contribution is 2.33. The van der Waals surface area contributed by atoms with Crippen LogP contribution in [-0.4, -0.2) is 25.4 Å². The predicted molar refractivity (Wildman–Crippen MR) is 58.8 cm³/mol. The van der Waals surface area contributed by atoms with Crippen molar-refractivity contribution >= 4 is 22.8 Å². The fourth-order valence-corrected chi connectivity index (χ4v) is 2.98. The molecule has 1 aliphatic heterocycles. The summed E-state index contributed by atoms with van der Waals surface area (Å²) in [6.45, 7) is -0.0163. The smallest absolute Gasteiger partial charge is 0.146 e. The molecule has 0 aliphatic carbocycles. The maximum absolute atomic E-state index is 9.22. The first-order valence-corrected chi connectivity index (χ1v) is 5.95. The third-order valence-corrected chi connectivity index (χ3v) is 3.75. The van der Waals surface area contributed by atoms with Crippen LogP contribution < -0.4 is 0 Å². The number of thioether (sulfide) groups is 1. The number of aromatic nitrogens is 3. The highest BCUT2D eigenvalue weighted by Gasteiger charge is 2.17. The lowest BCUT2D eigenvalue weighted by Gasteiger charge is -2.01. The minimum absolute atomic E-state index is 0.0163. The molecule has 4 nitrogen and oxygen atoms in total. The summed E-state index contributed by atoms with van der Waals surface area (Å²) >= 11 is 1.78. The van der Waals surface area contributed by atoms with Gasteiger partial charge in [-0.25, -0.2) is 9.97 Å².